The van der Waals surface area contributed by atoms with Crippen LogP contribution in [0.5, 0.6) is 0 Å². The summed E-state index contributed by atoms with van der Waals surface area (Å²) < 4.78 is 15.0. The van der Waals surface area contributed by atoms with Gasteiger partial charge in [-0.15, -0.1) is 0 Å². The summed E-state index contributed by atoms with van der Waals surface area (Å²) in [4.78, 5) is 35.8. The SMILES string of the molecule is CNc1cc2nc3c1ncn3C(=O)N[C@@H]1CC[C@H]1OCc1cc(c(=O)n(C3CCC(OC)CC3)c1)N2. The van der Waals surface area contributed by atoms with Crippen molar-refractivity contribution in [3.8, 4) is 0 Å². The maximum Gasteiger partial charge on any atom is 0.328 e. The second-order valence-electron chi connectivity index (χ2n) is 9.84. The van der Waals surface area contributed by atoms with Gasteiger partial charge in [-0.1, -0.05) is 0 Å². The van der Waals surface area contributed by atoms with Gasteiger partial charge in [0.2, 0.25) is 0 Å². The number of nitrogens with zero attached hydrogens (tertiary/aromatic N) is 4. The van der Waals surface area contributed by atoms with Gasteiger partial charge in [-0.25, -0.2) is 19.3 Å². The molecule has 1 amide bonds. The number of pyridine rings is 2. The summed E-state index contributed by atoms with van der Waals surface area (Å²) in [6.07, 6.45) is 8.89. The van der Waals surface area contributed by atoms with Crippen LogP contribution in [0, 0.1) is 0 Å². The van der Waals surface area contributed by atoms with E-state index >= 15 is 0 Å². The Bertz CT molecular complexity index is 1360. The second kappa shape index (κ2) is 9.21. The lowest BCUT2D eigenvalue weighted by Gasteiger charge is -2.37. The predicted octanol–water partition coefficient (Wildman–Crippen LogP) is 3.13. The number of hydrogen-bond acceptors (Lipinski definition) is 8. The monoisotopic (exact) mass is 493 g/mol. The van der Waals surface area contributed by atoms with E-state index in [-0.39, 0.29) is 35.9 Å². The van der Waals surface area contributed by atoms with E-state index in [0.717, 1.165) is 44.1 Å². The average molecular weight is 494 g/mol. The van der Waals surface area contributed by atoms with Gasteiger partial charge < -0.3 is 30.0 Å². The van der Waals surface area contributed by atoms with Gasteiger partial charge in [-0.2, -0.15) is 0 Å². The molecule has 3 aromatic rings. The molecule has 0 unspecified atom stereocenters. The molecule has 2 atom stereocenters. The summed E-state index contributed by atoms with van der Waals surface area (Å²) in [5, 5.41) is 9.41. The Morgan fingerprint density at radius 1 is 1.14 bits per heavy atom. The molecule has 2 saturated carbocycles. The summed E-state index contributed by atoms with van der Waals surface area (Å²) in [7, 11) is 3.54. The molecule has 2 fully saturated rings. The molecule has 6 rings (SSSR count). The molecule has 3 aromatic heterocycles. The minimum absolute atomic E-state index is 0.0855. The van der Waals surface area contributed by atoms with Gasteiger partial charge in [-0.05, 0) is 50.2 Å². The fourth-order valence-corrected chi connectivity index (χ4v) is 5.46. The smallest absolute Gasteiger partial charge is 0.328 e. The highest BCUT2D eigenvalue weighted by Gasteiger charge is 2.34. The molecule has 3 aliphatic rings. The summed E-state index contributed by atoms with van der Waals surface area (Å²) in [6.45, 7) is 0.351. The van der Waals surface area contributed by atoms with Gasteiger partial charge in [0.25, 0.3) is 5.56 Å². The molecule has 3 N–H and O–H groups in total. The molecule has 4 heterocycles. The number of fused-ring (bicyclic) bond motifs is 4. The van der Waals surface area contributed by atoms with Crippen molar-refractivity contribution in [3.05, 3.63) is 40.6 Å². The lowest BCUT2D eigenvalue weighted by Crippen LogP contribution is -2.52. The van der Waals surface area contributed by atoms with Crippen molar-refractivity contribution in [2.24, 2.45) is 0 Å². The topological polar surface area (TPSA) is 124 Å². The molecule has 4 bridgehead atoms. The Morgan fingerprint density at radius 3 is 2.69 bits per heavy atom. The third kappa shape index (κ3) is 4.01. The molecular formula is C25H31N7O4. The number of ether oxygens (including phenoxy) is 2. The van der Waals surface area contributed by atoms with Crippen molar-refractivity contribution >= 4 is 34.4 Å². The van der Waals surface area contributed by atoms with Gasteiger partial charge in [0.15, 0.2) is 5.65 Å². The molecule has 0 saturated heterocycles. The predicted molar refractivity (Wildman–Crippen MR) is 135 cm³/mol. The van der Waals surface area contributed by atoms with E-state index in [1.54, 1.807) is 20.2 Å². The third-order valence-corrected chi connectivity index (χ3v) is 7.71. The van der Waals surface area contributed by atoms with Crippen molar-refractivity contribution in [1.29, 1.82) is 0 Å². The van der Waals surface area contributed by atoms with Crippen molar-refractivity contribution in [3.63, 3.8) is 0 Å². The molecule has 1 aliphatic heterocycles. The van der Waals surface area contributed by atoms with Crippen LogP contribution in [0.25, 0.3) is 11.2 Å². The van der Waals surface area contributed by atoms with Crippen molar-refractivity contribution in [2.75, 3.05) is 24.8 Å². The molecule has 11 nitrogen and oxygen atoms in total. The van der Waals surface area contributed by atoms with Gasteiger partial charge in [0.1, 0.15) is 23.3 Å². The van der Waals surface area contributed by atoms with Gasteiger partial charge >= 0.3 is 6.03 Å². The molecule has 36 heavy (non-hydrogen) atoms. The minimum Gasteiger partial charge on any atom is -0.386 e. The van der Waals surface area contributed by atoms with Gasteiger partial charge in [0.05, 0.1) is 30.5 Å². The number of imidazole rings is 1. The maximum absolute atomic E-state index is 13.6. The lowest BCUT2D eigenvalue weighted by atomic mass is 9.89. The van der Waals surface area contributed by atoms with E-state index in [9.17, 15) is 9.59 Å². The largest absolute Gasteiger partial charge is 0.386 e. The minimum atomic E-state index is -0.299. The number of anilines is 3. The van der Waals surface area contributed by atoms with E-state index in [4.69, 9.17) is 9.47 Å². The molecule has 0 aromatic carbocycles. The van der Waals surface area contributed by atoms with Crippen LogP contribution < -0.4 is 21.5 Å². The van der Waals surface area contributed by atoms with E-state index in [0.29, 0.717) is 35.0 Å². The molecule has 11 heteroatoms. The first-order valence-electron chi connectivity index (χ1n) is 12.6. The number of nitrogens with one attached hydrogen (secondary N) is 3. The summed E-state index contributed by atoms with van der Waals surface area (Å²) in [5.41, 5.74) is 2.92. The van der Waals surface area contributed by atoms with E-state index in [2.05, 4.69) is 25.9 Å². The normalized spacial score (nSPS) is 25.9. The Kier molecular flexibility index (Phi) is 5.88. The summed E-state index contributed by atoms with van der Waals surface area (Å²) in [5.74, 6) is 0.449. The molecule has 2 aliphatic carbocycles. The van der Waals surface area contributed by atoms with Crippen LogP contribution in [0.2, 0.25) is 0 Å². The first kappa shape index (κ1) is 23.0. The van der Waals surface area contributed by atoms with Gasteiger partial charge in [0, 0.05) is 32.5 Å². The van der Waals surface area contributed by atoms with Crippen molar-refractivity contribution in [2.45, 2.75) is 69.4 Å². The number of aromatic nitrogens is 4. The summed E-state index contributed by atoms with van der Waals surface area (Å²) in [6, 6.07) is 3.36. The zero-order valence-electron chi connectivity index (χ0n) is 20.5. The van der Waals surface area contributed by atoms with Crippen LogP contribution in [0.4, 0.5) is 22.0 Å². The fraction of sp³-hybridized carbons (Fsp3) is 0.520. The number of carbonyl (C=O) groups is 1. The first-order chi connectivity index (χ1) is 17.5. The molecule has 190 valence electrons. The Hall–Kier alpha value is -3.44. The number of hydrogen-bond donors (Lipinski definition) is 3. The second-order valence-corrected chi connectivity index (χ2v) is 9.84. The van der Waals surface area contributed by atoms with Crippen LogP contribution >= 0.6 is 0 Å². The molecule has 0 spiro atoms. The van der Waals surface area contributed by atoms with Crippen LogP contribution in [0.3, 0.4) is 0 Å². The zero-order chi connectivity index (χ0) is 24.8. The number of rotatable bonds is 3. The number of methoxy groups -OCH3 is 1. The first-order valence-corrected chi connectivity index (χ1v) is 12.6. The van der Waals surface area contributed by atoms with Crippen LogP contribution in [0.15, 0.2) is 29.5 Å². The van der Waals surface area contributed by atoms with E-state index in [1.165, 1.54) is 10.9 Å². The molecule has 0 radical (unpaired) electrons. The Balaban J connectivity index is 1.45. The quantitative estimate of drug-likeness (QED) is 0.508. The standard InChI is InChI=1S/C25H31N7O4/c1-26-18-10-21-28-19-9-14(11-31(24(19)33)15-3-5-16(35-2)6-4-15)12-36-20-8-7-17(20)29-25(34)32-13-27-22(18)23(32)30-21/h9-11,13,15-17,20H,3-8,12H2,1-2H3,(H,29,34)(H2,26,28,30)/t15?,16?,17-,20-/m1/s1. The highest BCUT2D eigenvalue weighted by molar-refractivity contribution is 5.94. The van der Waals surface area contributed by atoms with Crippen molar-refractivity contribution < 1.29 is 14.3 Å². The van der Waals surface area contributed by atoms with Crippen LogP contribution in [-0.4, -0.2) is 57.5 Å². The Morgan fingerprint density at radius 2 is 1.97 bits per heavy atom. The zero-order valence-corrected chi connectivity index (χ0v) is 20.5. The highest BCUT2D eigenvalue weighted by atomic mass is 16.5. The van der Waals surface area contributed by atoms with Gasteiger partial charge in [-0.3, -0.25) is 4.79 Å². The molecular weight excluding hydrogens is 462 g/mol. The third-order valence-electron chi connectivity index (χ3n) is 7.71. The average Bonchev–Trinajstić information content (AvgIpc) is 3.31. The van der Waals surface area contributed by atoms with Crippen LogP contribution in [-0.2, 0) is 16.1 Å². The summed E-state index contributed by atoms with van der Waals surface area (Å²) >= 11 is 0. The van der Waals surface area contributed by atoms with Crippen molar-refractivity contribution in [1.82, 2.24) is 24.4 Å². The number of carbonyl (C=O) groups excluding carboxylic acids is 1. The Labute approximate surface area is 208 Å². The number of amides is 1. The lowest BCUT2D eigenvalue weighted by molar-refractivity contribution is -0.0325. The van der Waals surface area contributed by atoms with E-state index in [1.807, 2.05) is 16.8 Å². The fourth-order valence-electron chi connectivity index (χ4n) is 5.46. The van der Waals surface area contributed by atoms with E-state index < -0.39 is 0 Å². The maximum atomic E-state index is 13.6. The van der Waals surface area contributed by atoms with Crippen LogP contribution in [0.1, 0.15) is 50.1 Å². The highest BCUT2D eigenvalue weighted by Crippen LogP contribution is 2.31.